The molecular weight excluding hydrogens is 1370 g/mol. The van der Waals surface area contributed by atoms with Crippen LogP contribution in [0.25, 0.3) is 0 Å². The molecule has 7 atom stereocenters. The number of phosphoric ester groups is 2. The van der Waals surface area contributed by atoms with Crippen molar-refractivity contribution in [1.82, 2.24) is 0 Å². The minimum Gasteiger partial charge on any atom is -0.462 e. The molecule has 0 saturated carbocycles. The number of ether oxygens (including phenoxy) is 4. The van der Waals surface area contributed by atoms with Crippen LogP contribution >= 0.6 is 15.6 Å². The van der Waals surface area contributed by atoms with Crippen molar-refractivity contribution >= 4 is 39.5 Å². The summed E-state index contributed by atoms with van der Waals surface area (Å²) in [4.78, 5) is 73.2. The average molecular weight is 1540 g/mol. The summed E-state index contributed by atoms with van der Waals surface area (Å²) in [5, 5.41) is 10.7. The van der Waals surface area contributed by atoms with Gasteiger partial charge in [-0.3, -0.25) is 37.3 Å². The highest BCUT2D eigenvalue weighted by molar-refractivity contribution is 7.47. The normalized spacial score (nSPS) is 14.3. The first-order chi connectivity index (χ1) is 50.9. The molecule has 0 spiro atoms. The summed E-state index contributed by atoms with van der Waals surface area (Å²) in [6, 6.07) is 0. The lowest BCUT2D eigenvalue weighted by molar-refractivity contribution is -0.161. The first kappa shape index (κ1) is 103. The summed E-state index contributed by atoms with van der Waals surface area (Å²) in [5.74, 6) is -0.523. The Morgan fingerprint density at radius 2 is 0.457 bits per heavy atom. The number of hydrogen-bond donors (Lipinski definition) is 3. The molecule has 0 aliphatic heterocycles. The maximum absolute atomic E-state index is 13.1. The molecule has 0 radical (unpaired) electrons. The van der Waals surface area contributed by atoms with Crippen LogP contribution in [0.3, 0.4) is 0 Å². The fraction of sp³-hybridized carbons (Fsp3) is 0.953. The first-order valence-electron chi connectivity index (χ1n) is 44.6. The van der Waals surface area contributed by atoms with E-state index in [1.807, 2.05) is 0 Å². The molecular formula is C86H168O17P2. The molecule has 105 heavy (non-hydrogen) atoms. The SMILES string of the molecule is CCCCCCCCCCCCCCCCCCCCCCCCC(=O)O[C@H](COC(=O)CCCCCCCCCCCCCCCCC(C)CC)COP(=O)(O)OC[C@@H](O)COP(=O)(O)OC[C@@H](COC(=O)CCCCCCCCC(C)CC)OC(=O)CCCCCCCCCCCCCCCCC. The third-order valence-electron chi connectivity index (χ3n) is 20.9. The van der Waals surface area contributed by atoms with Gasteiger partial charge in [-0.2, -0.15) is 0 Å². The topological polar surface area (TPSA) is 237 Å². The summed E-state index contributed by atoms with van der Waals surface area (Å²) < 4.78 is 68.9. The van der Waals surface area contributed by atoms with E-state index >= 15 is 0 Å². The second-order valence-electron chi connectivity index (χ2n) is 31.4. The number of aliphatic hydroxyl groups is 1. The molecule has 3 N–H and O–H groups in total. The number of hydrogen-bond acceptors (Lipinski definition) is 15. The summed E-state index contributed by atoms with van der Waals surface area (Å²) in [6.07, 6.45) is 69.5. The van der Waals surface area contributed by atoms with E-state index in [9.17, 15) is 43.2 Å². The van der Waals surface area contributed by atoms with Gasteiger partial charge in [-0.1, -0.05) is 408 Å². The van der Waals surface area contributed by atoms with Gasteiger partial charge in [0.25, 0.3) is 0 Å². The molecule has 4 unspecified atom stereocenters. The van der Waals surface area contributed by atoms with Crippen molar-refractivity contribution in [3.05, 3.63) is 0 Å². The van der Waals surface area contributed by atoms with E-state index < -0.39 is 97.5 Å². The second kappa shape index (κ2) is 77.4. The van der Waals surface area contributed by atoms with Gasteiger partial charge in [0.05, 0.1) is 26.4 Å². The summed E-state index contributed by atoms with van der Waals surface area (Å²) >= 11 is 0. The Hall–Kier alpha value is -1.94. The van der Waals surface area contributed by atoms with Gasteiger partial charge in [0.2, 0.25) is 0 Å². The fourth-order valence-corrected chi connectivity index (χ4v) is 14.9. The number of phosphoric acid groups is 2. The van der Waals surface area contributed by atoms with E-state index in [1.165, 1.54) is 270 Å². The fourth-order valence-electron chi connectivity index (χ4n) is 13.4. The molecule has 0 rings (SSSR count). The molecule has 0 amide bonds. The van der Waals surface area contributed by atoms with Gasteiger partial charge in [-0.25, -0.2) is 9.13 Å². The van der Waals surface area contributed by atoms with E-state index in [2.05, 4.69) is 41.5 Å². The monoisotopic (exact) mass is 1540 g/mol. The number of rotatable bonds is 85. The third-order valence-corrected chi connectivity index (χ3v) is 22.8. The first-order valence-corrected chi connectivity index (χ1v) is 47.6. The Labute approximate surface area is 645 Å². The maximum Gasteiger partial charge on any atom is 0.472 e. The zero-order chi connectivity index (χ0) is 77.1. The highest BCUT2D eigenvalue weighted by atomic mass is 31.2. The Kier molecular flexibility index (Phi) is 76.0. The molecule has 0 aliphatic carbocycles. The minimum absolute atomic E-state index is 0.107. The molecule has 0 bridgehead atoms. The van der Waals surface area contributed by atoms with E-state index in [0.717, 1.165) is 108 Å². The summed E-state index contributed by atoms with van der Waals surface area (Å²) in [5.41, 5.74) is 0. The van der Waals surface area contributed by atoms with Crippen LogP contribution in [0.5, 0.6) is 0 Å². The van der Waals surface area contributed by atoms with Gasteiger partial charge < -0.3 is 33.8 Å². The highest BCUT2D eigenvalue weighted by Gasteiger charge is 2.30. The predicted molar refractivity (Wildman–Crippen MR) is 432 cm³/mol. The lowest BCUT2D eigenvalue weighted by Crippen LogP contribution is -2.30. The second-order valence-corrected chi connectivity index (χ2v) is 34.3. The van der Waals surface area contributed by atoms with Crippen molar-refractivity contribution < 1.29 is 80.2 Å². The molecule has 19 heteroatoms. The largest absolute Gasteiger partial charge is 0.472 e. The van der Waals surface area contributed by atoms with Gasteiger partial charge in [-0.15, -0.1) is 0 Å². The number of aliphatic hydroxyl groups excluding tert-OH is 1. The van der Waals surface area contributed by atoms with Crippen molar-refractivity contribution in [2.45, 2.75) is 477 Å². The van der Waals surface area contributed by atoms with Crippen molar-refractivity contribution in [3.63, 3.8) is 0 Å². The zero-order valence-corrected chi connectivity index (χ0v) is 70.8. The van der Waals surface area contributed by atoms with E-state index in [-0.39, 0.29) is 25.7 Å². The molecule has 0 aromatic carbocycles. The molecule has 0 fully saturated rings. The average Bonchev–Trinajstić information content (AvgIpc) is 0.906. The standard InChI is InChI=1S/C86H168O17P2/c1-7-11-13-15-17-19-21-23-25-26-27-28-29-30-31-33-39-43-47-51-59-65-70-85(90)102-81(74-96-83(88)68-62-56-49-45-41-37-35-34-36-40-44-48-54-60-66-78(5)9-3)76-100-104(92,93)98-72-80(87)73-99-105(94,95)101-77-82(75-97-84(89)69-63-57-53-52-55-61-67-79(6)10-4)103-86(91)71-64-58-50-46-42-38-32-24-22-20-18-16-14-12-8-2/h78-82,87H,7-77H2,1-6H3,(H,92,93)(H,94,95)/t78?,79?,80-,81-,82-/m1/s1. The van der Waals surface area contributed by atoms with E-state index in [1.54, 1.807) is 0 Å². The quantitative estimate of drug-likeness (QED) is 0.0222. The van der Waals surface area contributed by atoms with Crippen LogP contribution in [0.4, 0.5) is 0 Å². The van der Waals surface area contributed by atoms with E-state index in [0.29, 0.717) is 25.7 Å². The van der Waals surface area contributed by atoms with Crippen LogP contribution in [-0.4, -0.2) is 96.7 Å². The van der Waals surface area contributed by atoms with Crippen LogP contribution in [0.1, 0.15) is 459 Å². The predicted octanol–water partition coefficient (Wildman–Crippen LogP) is 26.2. The lowest BCUT2D eigenvalue weighted by atomic mass is 9.99. The van der Waals surface area contributed by atoms with Crippen LogP contribution in [0.2, 0.25) is 0 Å². The third kappa shape index (κ3) is 77.2. The zero-order valence-electron chi connectivity index (χ0n) is 69.0. The van der Waals surface area contributed by atoms with Crippen LogP contribution in [0.15, 0.2) is 0 Å². The van der Waals surface area contributed by atoms with E-state index in [4.69, 9.17) is 37.0 Å². The maximum atomic E-state index is 13.1. The summed E-state index contributed by atoms with van der Waals surface area (Å²) in [7, 11) is -9.93. The Balaban J connectivity index is 5.22. The van der Waals surface area contributed by atoms with Crippen molar-refractivity contribution in [2.75, 3.05) is 39.6 Å². The Bertz CT molecular complexity index is 2010. The lowest BCUT2D eigenvalue weighted by Gasteiger charge is -2.21. The molecule has 0 saturated heterocycles. The van der Waals surface area contributed by atoms with Gasteiger partial charge in [-0.05, 0) is 37.5 Å². The van der Waals surface area contributed by atoms with Crippen LogP contribution in [0, 0.1) is 11.8 Å². The molecule has 0 aromatic rings. The minimum atomic E-state index is -4.97. The van der Waals surface area contributed by atoms with Gasteiger partial charge in [0.15, 0.2) is 12.2 Å². The van der Waals surface area contributed by atoms with Crippen LogP contribution in [-0.2, 0) is 65.4 Å². The Morgan fingerprint density at radius 1 is 0.267 bits per heavy atom. The number of carbonyl (C=O) groups is 4. The molecule has 0 heterocycles. The van der Waals surface area contributed by atoms with Crippen LogP contribution < -0.4 is 0 Å². The molecule has 624 valence electrons. The summed E-state index contributed by atoms with van der Waals surface area (Å²) in [6.45, 7) is 9.68. The highest BCUT2D eigenvalue weighted by Crippen LogP contribution is 2.45. The van der Waals surface area contributed by atoms with Crippen molar-refractivity contribution in [2.24, 2.45) is 11.8 Å². The molecule has 0 aliphatic rings. The van der Waals surface area contributed by atoms with Crippen molar-refractivity contribution in [1.29, 1.82) is 0 Å². The van der Waals surface area contributed by atoms with Gasteiger partial charge in [0.1, 0.15) is 19.3 Å². The Morgan fingerprint density at radius 3 is 0.676 bits per heavy atom. The number of esters is 4. The number of carbonyl (C=O) groups excluding carboxylic acids is 4. The number of unbranched alkanes of at least 4 members (excludes halogenated alkanes) is 53. The molecule has 17 nitrogen and oxygen atoms in total. The van der Waals surface area contributed by atoms with Gasteiger partial charge >= 0.3 is 39.5 Å². The molecule has 0 aromatic heterocycles. The smallest absolute Gasteiger partial charge is 0.462 e. The van der Waals surface area contributed by atoms with Gasteiger partial charge in [0, 0.05) is 25.7 Å². The van der Waals surface area contributed by atoms with Crippen molar-refractivity contribution in [3.8, 4) is 0 Å².